The van der Waals surface area contributed by atoms with Crippen LogP contribution in [0.15, 0.2) is 52.5 Å². The number of urea groups is 1. The number of aryl methyl sites for hydroxylation is 1. The van der Waals surface area contributed by atoms with E-state index in [9.17, 15) is 14.4 Å². The van der Waals surface area contributed by atoms with Crippen LogP contribution in [0.5, 0.6) is 0 Å². The van der Waals surface area contributed by atoms with Gasteiger partial charge in [0.15, 0.2) is 5.16 Å². The number of carbonyl (C=O) groups is 2. The highest BCUT2D eigenvalue weighted by atomic mass is 32.2. The second-order valence-corrected chi connectivity index (χ2v) is 7.17. The van der Waals surface area contributed by atoms with Gasteiger partial charge in [-0.3, -0.25) is 14.9 Å². The number of nitrogens with two attached hydrogens (primary N) is 1. The number of hydrogen-bond acceptors (Lipinski definition) is 6. The molecule has 0 spiro atoms. The molecule has 3 aromatic rings. The normalized spacial score (nSPS) is 10.8. The topological polar surface area (TPSA) is 120 Å². The molecule has 8 nitrogen and oxygen atoms in total. The number of fused-ring (bicyclic) bond motifs is 1. The lowest BCUT2D eigenvalue weighted by Gasteiger charge is -2.12. The number of pyridine rings is 1. The molecule has 3 rings (SSSR count). The van der Waals surface area contributed by atoms with Crippen LogP contribution in [0, 0.1) is 6.92 Å². The third-order valence-corrected chi connectivity index (χ3v) is 4.94. The summed E-state index contributed by atoms with van der Waals surface area (Å²) in [5.74, 6) is 0.586. The Morgan fingerprint density at radius 3 is 2.71 bits per heavy atom. The Morgan fingerprint density at radius 1 is 1.21 bits per heavy atom. The Labute approximate surface area is 165 Å². The van der Waals surface area contributed by atoms with Crippen molar-refractivity contribution < 1.29 is 9.59 Å². The van der Waals surface area contributed by atoms with Gasteiger partial charge in [0.2, 0.25) is 5.91 Å². The SMILES string of the molecule is Cc1ccc(-n2c(SCCCC(=O)NC(N)=O)nc3ccccc3c2=O)nc1. The maximum atomic E-state index is 13.1. The highest BCUT2D eigenvalue weighted by Crippen LogP contribution is 2.21. The monoisotopic (exact) mass is 397 g/mol. The second kappa shape index (κ2) is 8.66. The van der Waals surface area contributed by atoms with Gasteiger partial charge in [0.25, 0.3) is 5.56 Å². The third-order valence-electron chi connectivity index (χ3n) is 3.91. The minimum absolute atomic E-state index is 0.149. The first-order valence-corrected chi connectivity index (χ1v) is 9.61. The molecule has 3 N–H and O–H groups in total. The molecule has 144 valence electrons. The fraction of sp³-hybridized carbons (Fsp3) is 0.211. The van der Waals surface area contributed by atoms with Gasteiger partial charge in [0, 0.05) is 18.4 Å². The van der Waals surface area contributed by atoms with E-state index in [1.807, 2.05) is 24.4 Å². The molecule has 0 unspecified atom stereocenters. The molecule has 0 radical (unpaired) electrons. The molecule has 0 atom stereocenters. The van der Waals surface area contributed by atoms with Crippen LogP contribution in [0.2, 0.25) is 0 Å². The van der Waals surface area contributed by atoms with E-state index >= 15 is 0 Å². The fourth-order valence-electron chi connectivity index (χ4n) is 2.60. The average Bonchev–Trinajstić information content (AvgIpc) is 2.66. The molecule has 0 aliphatic carbocycles. The molecule has 3 amide bonds. The number of hydrogen-bond donors (Lipinski definition) is 2. The number of carbonyl (C=O) groups excluding carboxylic acids is 2. The first kappa shape index (κ1) is 19.6. The highest BCUT2D eigenvalue weighted by molar-refractivity contribution is 7.99. The first-order chi connectivity index (χ1) is 13.5. The lowest BCUT2D eigenvalue weighted by molar-refractivity contribution is -0.119. The van der Waals surface area contributed by atoms with Crippen LogP contribution in [0.3, 0.4) is 0 Å². The van der Waals surface area contributed by atoms with E-state index in [1.165, 1.54) is 16.3 Å². The summed E-state index contributed by atoms with van der Waals surface area (Å²) in [6.07, 6.45) is 2.34. The molecule has 9 heteroatoms. The van der Waals surface area contributed by atoms with Crippen LogP contribution in [0.25, 0.3) is 16.7 Å². The average molecular weight is 397 g/mol. The van der Waals surface area contributed by atoms with E-state index in [0.717, 1.165) is 5.56 Å². The Hall–Kier alpha value is -3.20. The number of imide groups is 1. The number of aromatic nitrogens is 3. The maximum absolute atomic E-state index is 13.1. The minimum atomic E-state index is -0.867. The standard InChI is InChI=1S/C19H19N5O3S/c1-12-8-9-15(21-11-12)24-17(26)13-5-2-3-6-14(13)22-19(24)28-10-4-7-16(25)23-18(20)27/h2-3,5-6,8-9,11H,4,7,10H2,1H3,(H3,20,23,25,27). The second-order valence-electron chi connectivity index (χ2n) is 6.11. The number of nitrogens with one attached hydrogen (secondary N) is 1. The van der Waals surface area contributed by atoms with E-state index < -0.39 is 11.9 Å². The number of amides is 3. The lowest BCUT2D eigenvalue weighted by atomic mass is 10.2. The molecular weight excluding hydrogens is 378 g/mol. The summed E-state index contributed by atoms with van der Waals surface area (Å²) in [5.41, 5.74) is 6.31. The summed E-state index contributed by atoms with van der Waals surface area (Å²) >= 11 is 1.35. The van der Waals surface area contributed by atoms with Crippen molar-refractivity contribution in [3.8, 4) is 5.82 Å². The van der Waals surface area contributed by atoms with Gasteiger partial charge < -0.3 is 5.73 Å². The predicted octanol–water partition coefficient (Wildman–Crippen LogP) is 2.16. The van der Waals surface area contributed by atoms with Crippen LogP contribution in [0.4, 0.5) is 4.79 Å². The van der Waals surface area contributed by atoms with E-state index in [0.29, 0.717) is 34.1 Å². The summed E-state index contributed by atoms with van der Waals surface area (Å²) in [5, 5.41) is 3.03. The van der Waals surface area contributed by atoms with E-state index in [4.69, 9.17) is 5.73 Å². The number of para-hydroxylation sites is 1. The Morgan fingerprint density at radius 2 is 2.00 bits per heavy atom. The Balaban J connectivity index is 1.88. The van der Waals surface area contributed by atoms with Crippen molar-refractivity contribution in [2.24, 2.45) is 5.73 Å². The molecule has 2 aromatic heterocycles. The van der Waals surface area contributed by atoms with Gasteiger partial charge in [-0.15, -0.1) is 0 Å². The molecule has 0 fully saturated rings. The van der Waals surface area contributed by atoms with Crippen LogP contribution in [0.1, 0.15) is 18.4 Å². The molecule has 0 aliphatic heterocycles. The number of rotatable bonds is 6. The largest absolute Gasteiger partial charge is 0.351 e. The number of thioether (sulfide) groups is 1. The predicted molar refractivity (Wildman–Crippen MR) is 108 cm³/mol. The third kappa shape index (κ3) is 4.55. The van der Waals surface area contributed by atoms with Gasteiger partial charge >= 0.3 is 6.03 Å². The van der Waals surface area contributed by atoms with E-state index in [-0.39, 0.29) is 12.0 Å². The summed E-state index contributed by atoms with van der Waals surface area (Å²) in [7, 11) is 0. The van der Waals surface area contributed by atoms with E-state index in [2.05, 4.69) is 9.97 Å². The smallest absolute Gasteiger partial charge is 0.318 e. The summed E-state index contributed by atoms with van der Waals surface area (Å²) in [6, 6.07) is 9.93. The van der Waals surface area contributed by atoms with Gasteiger partial charge in [-0.2, -0.15) is 0 Å². The van der Waals surface area contributed by atoms with Crippen molar-refractivity contribution in [1.29, 1.82) is 0 Å². The minimum Gasteiger partial charge on any atom is -0.351 e. The van der Waals surface area contributed by atoms with Crippen molar-refractivity contribution in [2.45, 2.75) is 24.9 Å². The summed E-state index contributed by atoms with van der Waals surface area (Å²) in [4.78, 5) is 44.2. The Kier molecular flexibility index (Phi) is 6.05. The maximum Gasteiger partial charge on any atom is 0.318 e. The van der Waals surface area contributed by atoms with Crippen molar-refractivity contribution >= 4 is 34.6 Å². The van der Waals surface area contributed by atoms with Crippen LogP contribution in [-0.2, 0) is 4.79 Å². The quantitative estimate of drug-likeness (QED) is 0.374. The van der Waals surface area contributed by atoms with Crippen molar-refractivity contribution in [3.63, 3.8) is 0 Å². The highest BCUT2D eigenvalue weighted by Gasteiger charge is 2.14. The number of nitrogens with zero attached hydrogens (tertiary/aromatic N) is 3. The zero-order valence-electron chi connectivity index (χ0n) is 15.2. The van der Waals surface area contributed by atoms with E-state index in [1.54, 1.807) is 30.5 Å². The van der Waals surface area contributed by atoms with Gasteiger partial charge in [0.1, 0.15) is 5.82 Å². The number of benzene rings is 1. The molecule has 0 aliphatic rings. The molecule has 0 bridgehead atoms. The van der Waals surface area contributed by atoms with Crippen LogP contribution in [-0.4, -0.2) is 32.2 Å². The zero-order valence-corrected chi connectivity index (χ0v) is 16.0. The van der Waals surface area contributed by atoms with Gasteiger partial charge in [-0.1, -0.05) is 30.0 Å². The van der Waals surface area contributed by atoms with Crippen LogP contribution < -0.4 is 16.6 Å². The molecule has 28 heavy (non-hydrogen) atoms. The van der Waals surface area contributed by atoms with Crippen LogP contribution >= 0.6 is 11.8 Å². The zero-order chi connectivity index (χ0) is 20.1. The molecule has 0 saturated heterocycles. The molecule has 1 aromatic carbocycles. The molecular formula is C19H19N5O3S. The van der Waals surface area contributed by atoms with Crippen molar-refractivity contribution in [2.75, 3.05) is 5.75 Å². The van der Waals surface area contributed by atoms with Crippen molar-refractivity contribution in [3.05, 3.63) is 58.5 Å². The molecule has 0 saturated carbocycles. The van der Waals surface area contributed by atoms with Gasteiger partial charge in [-0.25, -0.2) is 19.3 Å². The summed E-state index contributed by atoms with van der Waals surface area (Å²) in [6.45, 7) is 1.92. The van der Waals surface area contributed by atoms with Crippen molar-refractivity contribution in [1.82, 2.24) is 19.9 Å². The fourth-order valence-corrected chi connectivity index (χ4v) is 3.54. The van der Waals surface area contributed by atoms with Gasteiger partial charge in [-0.05, 0) is 37.1 Å². The molecule has 2 heterocycles. The Bertz CT molecular complexity index is 1080. The number of primary amides is 1. The summed E-state index contributed by atoms with van der Waals surface area (Å²) < 4.78 is 1.48. The first-order valence-electron chi connectivity index (χ1n) is 8.62. The lowest BCUT2D eigenvalue weighted by Crippen LogP contribution is -2.34. The van der Waals surface area contributed by atoms with Gasteiger partial charge in [0.05, 0.1) is 10.9 Å².